The van der Waals surface area contributed by atoms with Crippen molar-refractivity contribution in [1.82, 2.24) is 14.5 Å². The first-order valence-corrected chi connectivity index (χ1v) is 8.97. The summed E-state index contributed by atoms with van der Waals surface area (Å²) in [6.07, 6.45) is 5.40. The Morgan fingerprint density at radius 2 is 1.89 bits per heavy atom. The van der Waals surface area contributed by atoms with Crippen LogP contribution in [0.2, 0.25) is 0 Å². The van der Waals surface area contributed by atoms with Crippen molar-refractivity contribution in [1.29, 1.82) is 0 Å². The number of hydrogen-bond donors (Lipinski definition) is 0. The summed E-state index contributed by atoms with van der Waals surface area (Å²) in [7, 11) is 2.97. The molecule has 0 atom stereocenters. The Morgan fingerprint density at radius 3 is 2.61 bits per heavy atom. The summed E-state index contributed by atoms with van der Waals surface area (Å²) in [5.74, 6) is 0.356. The fourth-order valence-electron chi connectivity index (χ4n) is 3.02. The van der Waals surface area contributed by atoms with Gasteiger partial charge in [0.25, 0.3) is 0 Å². The maximum Gasteiger partial charge on any atom is 0.307 e. The van der Waals surface area contributed by atoms with E-state index in [1.165, 1.54) is 7.11 Å². The summed E-state index contributed by atoms with van der Waals surface area (Å²) in [6.45, 7) is 0.883. The Kier molecular flexibility index (Phi) is 6.26. The average Bonchev–Trinajstić information content (AvgIpc) is 3.13. The van der Waals surface area contributed by atoms with E-state index < -0.39 is 0 Å². The third kappa shape index (κ3) is 4.68. The van der Waals surface area contributed by atoms with Gasteiger partial charge in [0.15, 0.2) is 0 Å². The molecule has 0 spiro atoms. The second-order valence-electron chi connectivity index (χ2n) is 6.37. The van der Waals surface area contributed by atoms with Crippen LogP contribution in [0.4, 0.5) is 0 Å². The molecule has 0 saturated heterocycles. The normalized spacial score (nSPS) is 10.6. The molecule has 0 aliphatic rings. The Bertz CT molecular complexity index is 953. The van der Waals surface area contributed by atoms with E-state index in [1.807, 2.05) is 47.2 Å². The van der Waals surface area contributed by atoms with Gasteiger partial charge in [-0.25, -0.2) is 0 Å². The predicted octanol–water partition coefficient (Wildman–Crippen LogP) is 2.64. The number of rotatable bonds is 8. The highest BCUT2D eigenvalue weighted by Gasteiger charge is 2.17. The molecular weight excluding hydrogens is 358 g/mol. The fraction of sp³-hybridized carbons (Fsp3) is 0.286. The van der Waals surface area contributed by atoms with E-state index in [1.54, 1.807) is 24.4 Å². The quantitative estimate of drug-likeness (QED) is 0.561. The van der Waals surface area contributed by atoms with E-state index in [0.717, 1.165) is 22.2 Å². The molecular formula is C21H23N3O4. The van der Waals surface area contributed by atoms with Crippen LogP contribution in [-0.4, -0.2) is 47.1 Å². The molecule has 2 aromatic heterocycles. The van der Waals surface area contributed by atoms with E-state index in [4.69, 9.17) is 9.47 Å². The first kappa shape index (κ1) is 19.4. The zero-order valence-electron chi connectivity index (χ0n) is 16.0. The highest BCUT2D eigenvalue weighted by Crippen LogP contribution is 2.22. The minimum Gasteiger partial charge on any atom is -0.497 e. The van der Waals surface area contributed by atoms with Gasteiger partial charge in [-0.1, -0.05) is 0 Å². The van der Waals surface area contributed by atoms with Gasteiger partial charge in [0.1, 0.15) is 12.3 Å². The molecule has 146 valence electrons. The van der Waals surface area contributed by atoms with Crippen molar-refractivity contribution in [3.05, 3.63) is 60.6 Å². The molecule has 7 heteroatoms. The average molecular weight is 381 g/mol. The lowest BCUT2D eigenvalue weighted by Crippen LogP contribution is -2.35. The van der Waals surface area contributed by atoms with E-state index in [9.17, 15) is 9.59 Å². The second-order valence-corrected chi connectivity index (χ2v) is 6.37. The van der Waals surface area contributed by atoms with Crippen LogP contribution in [0.1, 0.15) is 12.0 Å². The number of esters is 1. The maximum atomic E-state index is 13.0. The van der Waals surface area contributed by atoms with Crippen LogP contribution >= 0.6 is 0 Å². The van der Waals surface area contributed by atoms with Crippen LogP contribution in [0, 0.1) is 0 Å². The van der Waals surface area contributed by atoms with E-state index >= 15 is 0 Å². The highest BCUT2D eigenvalue weighted by molar-refractivity contribution is 5.84. The summed E-state index contributed by atoms with van der Waals surface area (Å²) in [5.41, 5.74) is 1.90. The van der Waals surface area contributed by atoms with E-state index in [2.05, 4.69) is 4.98 Å². The number of ether oxygens (including phenoxy) is 2. The standard InChI is InChI=1S/C21H23N3O4/c1-27-18-3-4-19-17(13-18)7-11-23(19)15-20(25)24(12-8-21(26)28-2)14-16-5-9-22-10-6-16/h3-7,9-11,13H,8,12,14-15H2,1-2H3. The first-order valence-electron chi connectivity index (χ1n) is 8.97. The number of pyridine rings is 1. The smallest absolute Gasteiger partial charge is 0.307 e. The summed E-state index contributed by atoms with van der Waals surface area (Å²) < 4.78 is 11.9. The molecule has 2 heterocycles. The molecule has 3 aromatic rings. The van der Waals surface area contributed by atoms with Gasteiger partial charge >= 0.3 is 5.97 Å². The zero-order chi connectivity index (χ0) is 19.9. The number of hydrogen-bond acceptors (Lipinski definition) is 5. The lowest BCUT2D eigenvalue weighted by atomic mass is 10.2. The lowest BCUT2D eigenvalue weighted by Gasteiger charge is -2.23. The molecule has 1 amide bonds. The van der Waals surface area contributed by atoms with Crippen molar-refractivity contribution in [2.24, 2.45) is 0 Å². The third-order valence-electron chi connectivity index (χ3n) is 4.57. The van der Waals surface area contributed by atoms with Gasteiger partial charge in [-0.3, -0.25) is 14.6 Å². The van der Waals surface area contributed by atoms with Crippen LogP contribution in [0.25, 0.3) is 10.9 Å². The molecule has 0 N–H and O–H groups in total. The van der Waals surface area contributed by atoms with Crippen LogP contribution < -0.4 is 4.74 Å². The monoisotopic (exact) mass is 381 g/mol. The second kappa shape index (κ2) is 9.03. The molecule has 28 heavy (non-hydrogen) atoms. The Labute approximate surface area is 163 Å². The van der Waals surface area contributed by atoms with Gasteiger partial charge in [0.2, 0.25) is 5.91 Å². The summed E-state index contributed by atoms with van der Waals surface area (Å²) in [6, 6.07) is 11.4. The topological polar surface area (TPSA) is 73.7 Å². The van der Waals surface area contributed by atoms with Gasteiger partial charge < -0.3 is 18.9 Å². The Morgan fingerprint density at radius 1 is 1.11 bits per heavy atom. The minimum absolute atomic E-state index is 0.0750. The van der Waals surface area contributed by atoms with Crippen LogP contribution in [0.15, 0.2) is 55.0 Å². The Hall–Kier alpha value is -3.35. The molecule has 0 bridgehead atoms. The minimum atomic E-state index is -0.342. The van der Waals surface area contributed by atoms with Crippen LogP contribution in [-0.2, 0) is 27.4 Å². The number of amides is 1. The molecule has 0 aliphatic heterocycles. The zero-order valence-corrected chi connectivity index (χ0v) is 16.0. The first-order chi connectivity index (χ1) is 13.6. The lowest BCUT2D eigenvalue weighted by molar-refractivity contribution is -0.142. The molecule has 0 unspecified atom stereocenters. The van der Waals surface area contributed by atoms with E-state index in [-0.39, 0.29) is 24.8 Å². The van der Waals surface area contributed by atoms with Gasteiger partial charge in [0, 0.05) is 42.6 Å². The SMILES string of the molecule is COC(=O)CCN(Cc1ccncc1)C(=O)Cn1ccc2cc(OC)ccc21. The van der Waals surface area contributed by atoms with Crippen LogP contribution in [0.5, 0.6) is 5.75 Å². The van der Waals surface area contributed by atoms with Crippen molar-refractivity contribution in [3.8, 4) is 5.75 Å². The van der Waals surface area contributed by atoms with Gasteiger partial charge in [-0.15, -0.1) is 0 Å². The van der Waals surface area contributed by atoms with Crippen molar-refractivity contribution in [2.75, 3.05) is 20.8 Å². The molecule has 0 fully saturated rings. The number of carbonyl (C=O) groups excluding carboxylic acids is 2. The summed E-state index contributed by atoms with van der Waals surface area (Å²) in [5, 5.41) is 1.00. The van der Waals surface area contributed by atoms with Crippen molar-refractivity contribution < 1.29 is 19.1 Å². The number of nitrogens with zero attached hydrogens (tertiary/aromatic N) is 3. The number of carbonyl (C=O) groups is 2. The molecule has 0 radical (unpaired) electrons. The van der Waals surface area contributed by atoms with Crippen molar-refractivity contribution in [3.63, 3.8) is 0 Å². The van der Waals surface area contributed by atoms with Crippen molar-refractivity contribution in [2.45, 2.75) is 19.5 Å². The number of benzene rings is 1. The Balaban J connectivity index is 1.77. The third-order valence-corrected chi connectivity index (χ3v) is 4.57. The molecule has 1 aromatic carbocycles. The van der Waals surface area contributed by atoms with E-state index in [0.29, 0.717) is 13.1 Å². The molecule has 0 aliphatic carbocycles. The summed E-state index contributed by atoms with van der Waals surface area (Å²) in [4.78, 5) is 30.2. The highest BCUT2D eigenvalue weighted by atomic mass is 16.5. The fourth-order valence-corrected chi connectivity index (χ4v) is 3.02. The number of aromatic nitrogens is 2. The summed E-state index contributed by atoms with van der Waals surface area (Å²) >= 11 is 0. The van der Waals surface area contributed by atoms with Gasteiger partial charge in [-0.05, 0) is 42.0 Å². The maximum absolute atomic E-state index is 13.0. The van der Waals surface area contributed by atoms with Gasteiger partial charge in [0.05, 0.1) is 20.6 Å². The van der Waals surface area contributed by atoms with Crippen molar-refractivity contribution >= 4 is 22.8 Å². The number of methoxy groups -OCH3 is 2. The molecule has 7 nitrogen and oxygen atoms in total. The van der Waals surface area contributed by atoms with Gasteiger partial charge in [-0.2, -0.15) is 0 Å². The van der Waals surface area contributed by atoms with Crippen LogP contribution in [0.3, 0.4) is 0 Å². The predicted molar refractivity (Wildman–Crippen MR) is 105 cm³/mol. The molecule has 0 saturated carbocycles. The molecule has 3 rings (SSSR count). The number of fused-ring (bicyclic) bond motifs is 1. The largest absolute Gasteiger partial charge is 0.497 e.